The molecule has 0 aliphatic carbocycles. The molecule has 4 nitrogen and oxygen atoms in total. The highest BCUT2D eigenvalue weighted by atomic mass is 15.1. The number of nitrogen functional groups attached to an aromatic ring is 1. The molecule has 20 heavy (non-hydrogen) atoms. The quantitative estimate of drug-likeness (QED) is 0.722. The van der Waals surface area contributed by atoms with Gasteiger partial charge in [-0.15, -0.1) is 0 Å². The molecule has 0 bridgehead atoms. The zero-order chi connectivity index (χ0) is 14.1. The molecule has 0 unspecified atom stereocenters. The Hall–Kier alpha value is -2.80. The lowest BCUT2D eigenvalue weighted by Crippen LogP contribution is -2.02. The smallest absolute Gasteiger partial charge is 0.107 e. The third-order valence-electron chi connectivity index (χ3n) is 3.39. The zero-order valence-electron chi connectivity index (χ0n) is 11.2. The number of nitriles is 1. The van der Waals surface area contributed by atoms with Crippen molar-refractivity contribution in [3.63, 3.8) is 0 Å². The molecule has 98 valence electrons. The summed E-state index contributed by atoms with van der Waals surface area (Å²) >= 11 is 0. The monoisotopic (exact) mass is 262 g/mol. The fourth-order valence-electron chi connectivity index (χ4n) is 2.33. The van der Waals surface area contributed by atoms with E-state index in [0.717, 1.165) is 34.7 Å². The van der Waals surface area contributed by atoms with Gasteiger partial charge in [-0.1, -0.05) is 12.1 Å². The third kappa shape index (κ3) is 2.10. The minimum Gasteiger partial charge on any atom is -0.399 e. The molecule has 1 heterocycles. The number of anilines is 1. The maximum absolute atomic E-state index is 8.82. The summed E-state index contributed by atoms with van der Waals surface area (Å²) in [6.45, 7) is 2.72. The van der Waals surface area contributed by atoms with Gasteiger partial charge < -0.3 is 10.3 Å². The summed E-state index contributed by atoms with van der Waals surface area (Å²) in [7, 11) is 0. The van der Waals surface area contributed by atoms with Gasteiger partial charge in [0.1, 0.15) is 5.82 Å². The molecule has 0 saturated heterocycles. The Bertz CT molecular complexity index is 807. The van der Waals surface area contributed by atoms with E-state index in [2.05, 4.69) is 15.6 Å². The van der Waals surface area contributed by atoms with Crippen LogP contribution in [0.25, 0.3) is 11.0 Å². The molecule has 2 aromatic carbocycles. The maximum atomic E-state index is 8.82. The van der Waals surface area contributed by atoms with Crippen LogP contribution in [0.1, 0.15) is 17.0 Å². The maximum Gasteiger partial charge on any atom is 0.107 e. The summed E-state index contributed by atoms with van der Waals surface area (Å²) in [5.41, 5.74) is 10.3. The first-order valence-corrected chi connectivity index (χ1v) is 6.39. The Morgan fingerprint density at radius 3 is 2.65 bits per heavy atom. The highest BCUT2D eigenvalue weighted by Crippen LogP contribution is 2.20. The molecule has 0 fully saturated rings. The fourth-order valence-corrected chi connectivity index (χ4v) is 2.33. The predicted octanol–water partition coefficient (Wildman–Crippen LogP) is 2.85. The molecule has 1 aromatic heterocycles. The van der Waals surface area contributed by atoms with E-state index in [4.69, 9.17) is 11.0 Å². The predicted molar refractivity (Wildman–Crippen MR) is 79.1 cm³/mol. The van der Waals surface area contributed by atoms with Gasteiger partial charge in [0.15, 0.2) is 0 Å². The minimum atomic E-state index is 0.675. The van der Waals surface area contributed by atoms with E-state index in [-0.39, 0.29) is 0 Å². The first-order valence-electron chi connectivity index (χ1n) is 6.39. The van der Waals surface area contributed by atoms with Gasteiger partial charge in [-0.2, -0.15) is 5.26 Å². The second-order valence-corrected chi connectivity index (χ2v) is 4.80. The molecule has 0 atom stereocenters. The Morgan fingerprint density at radius 2 is 1.95 bits per heavy atom. The average molecular weight is 262 g/mol. The third-order valence-corrected chi connectivity index (χ3v) is 3.39. The Kier molecular flexibility index (Phi) is 2.88. The zero-order valence-corrected chi connectivity index (χ0v) is 11.2. The number of imidazole rings is 1. The molecule has 0 spiro atoms. The van der Waals surface area contributed by atoms with Crippen molar-refractivity contribution in [2.45, 2.75) is 13.5 Å². The van der Waals surface area contributed by atoms with E-state index in [1.54, 1.807) is 0 Å². The van der Waals surface area contributed by atoms with Crippen LogP contribution < -0.4 is 5.73 Å². The summed E-state index contributed by atoms with van der Waals surface area (Å²) in [4.78, 5) is 4.53. The molecule has 4 heteroatoms. The first-order chi connectivity index (χ1) is 9.67. The standard InChI is InChI=1S/C16H14N4/c1-11-19-15-8-14(18)6-7-16(15)20(11)10-13-4-2-12(9-17)3-5-13/h2-8H,10,18H2,1H3. The average Bonchev–Trinajstić information content (AvgIpc) is 2.75. The van der Waals surface area contributed by atoms with Crippen molar-refractivity contribution in [3.8, 4) is 6.07 Å². The van der Waals surface area contributed by atoms with E-state index in [1.165, 1.54) is 0 Å². The van der Waals surface area contributed by atoms with E-state index in [1.807, 2.05) is 49.4 Å². The molecule has 0 aliphatic rings. The van der Waals surface area contributed by atoms with Gasteiger partial charge >= 0.3 is 0 Å². The Balaban J connectivity index is 2.01. The highest BCUT2D eigenvalue weighted by molar-refractivity contribution is 5.79. The summed E-state index contributed by atoms with van der Waals surface area (Å²) < 4.78 is 2.15. The lowest BCUT2D eigenvalue weighted by atomic mass is 10.1. The largest absolute Gasteiger partial charge is 0.399 e. The molecule has 3 aromatic rings. The van der Waals surface area contributed by atoms with Gasteiger partial charge in [0.25, 0.3) is 0 Å². The topological polar surface area (TPSA) is 67.6 Å². The van der Waals surface area contributed by atoms with E-state index in [9.17, 15) is 0 Å². The lowest BCUT2D eigenvalue weighted by Gasteiger charge is -2.07. The van der Waals surface area contributed by atoms with Crippen molar-refractivity contribution in [2.24, 2.45) is 0 Å². The highest BCUT2D eigenvalue weighted by Gasteiger charge is 2.08. The molecular formula is C16H14N4. The lowest BCUT2D eigenvalue weighted by molar-refractivity contribution is 0.786. The Labute approximate surface area is 117 Å². The number of benzene rings is 2. The number of hydrogen-bond donors (Lipinski definition) is 1. The second-order valence-electron chi connectivity index (χ2n) is 4.80. The van der Waals surface area contributed by atoms with Crippen LogP contribution in [0, 0.1) is 18.3 Å². The van der Waals surface area contributed by atoms with Gasteiger partial charge in [0.05, 0.1) is 22.7 Å². The number of nitrogens with two attached hydrogens (primary N) is 1. The number of hydrogen-bond acceptors (Lipinski definition) is 3. The van der Waals surface area contributed by atoms with Gasteiger partial charge in [0.2, 0.25) is 0 Å². The number of fused-ring (bicyclic) bond motifs is 1. The van der Waals surface area contributed by atoms with Crippen LogP contribution in [-0.4, -0.2) is 9.55 Å². The van der Waals surface area contributed by atoms with Crippen LogP contribution in [-0.2, 0) is 6.54 Å². The number of aromatic nitrogens is 2. The molecule has 2 N–H and O–H groups in total. The number of aryl methyl sites for hydroxylation is 1. The molecule has 0 amide bonds. The normalized spacial score (nSPS) is 10.6. The molecule has 0 radical (unpaired) electrons. The number of rotatable bonds is 2. The summed E-state index contributed by atoms with van der Waals surface area (Å²) in [5, 5.41) is 8.82. The van der Waals surface area contributed by atoms with Gasteiger partial charge in [0, 0.05) is 12.2 Å². The summed E-state index contributed by atoms with van der Waals surface area (Å²) in [5.74, 6) is 0.954. The van der Waals surface area contributed by atoms with Crippen LogP contribution in [0.15, 0.2) is 42.5 Å². The van der Waals surface area contributed by atoms with Crippen molar-refractivity contribution in [2.75, 3.05) is 5.73 Å². The van der Waals surface area contributed by atoms with E-state index >= 15 is 0 Å². The Morgan fingerprint density at radius 1 is 1.20 bits per heavy atom. The molecular weight excluding hydrogens is 248 g/mol. The van der Waals surface area contributed by atoms with Crippen LogP contribution in [0.5, 0.6) is 0 Å². The molecule has 3 rings (SSSR count). The van der Waals surface area contributed by atoms with Gasteiger partial charge in [-0.3, -0.25) is 0 Å². The molecule has 0 saturated carbocycles. The van der Waals surface area contributed by atoms with Gasteiger partial charge in [-0.05, 0) is 42.8 Å². The molecule has 0 aliphatic heterocycles. The summed E-state index contributed by atoms with van der Waals surface area (Å²) in [6, 6.07) is 15.5. The van der Waals surface area contributed by atoms with Crippen LogP contribution in [0.4, 0.5) is 5.69 Å². The van der Waals surface area contributed by atoms with Crippen molar-refractivity contribution in [1.29, 1.82) is 5.26 Å². The van der Waals surface area contributed by atoms with E-state index in [0.29, 0.717) is 5.56 Å². The van der Waals surface area contributed by atoms with Gasteiger partial charge in [-0.25, -0.2) is 4.98 Å². The van der Waals surface area contributed by atoms with Crippen molar-refractivity contribution < 1.29 is 0 Å². The van der Waals surface area contributed by atoms with Crippen LogP contribution in [0.3, 0.4) is 0 Å². The van der Waals surface area contributed by atoms with Crippen molar-refractivity contribution in [1.82, 2.24) is 9.55 Å². The number of nitrogens with zero attached hydrogens (tertiary/aromatic N) is 3. The summed E-state index contributed by atoms with van der Waals surface area (Å²) in [6.07, 6.45) is 0. The van der Waals surface area contributed by atoms with Crippen molar-refractivity contribution in [3.05, 3.63) is 59.4 Å². The van der Waals surface area contributed by atoms with E-state index < -0.39 is 0 Å². The van der Waals surface area contributed by atoms with Crippen LogP contribution in [0.2, 0.25) is 0 Å². The second kappa shape index (κ2) is 4.71. The fraction of sp³-hybridized carbons (Fsp3) is 0.125. The minimum absolute atomic E-state index is 0.675. The SMILES string of the molecule is Cc1nc2cc(N)ccc2n1Cc1ccc(C#N)cc1. The first kappa shape index (κ1) is 12.2. The van der Waals surface area contributed by atoms with Crippen molar-refractivity contribution >= 4 is 16.7 Å². The van der Waals surface area contributed by atoms with Crippen LogP contribution >= 0.6 is 0 Å².